The fourth-order valence-electron chi connectivity index (χ4n) is 1.66. The molecule has 0 saturated heterocycles. The molecule has 2 rings (SSSR count). The minimum Gasteiger partial charge on any atom is -0.462 e. The first-order chi connectivity index (χ1) is 14.0. The van der Waals surface area contributed by atoms with Gasteiger partial charge in [0.15, 0.2) is 0 Å². The highest BCUT2D eigenvalue weighted by molar-refractivity contribution is 14.1. The van der Waals surface area contributed by atoms with Crippen LogP contribution in [-0.4, -0.2) is 31.1 Å². The predicted octanol–water partition coefficient (Wildman–Crippen LogP) is 5.84. The Kier molecular flexibility index (Phi) is 12.9. The third kappa shape index (κ3) is 11.1. The van der Waals surface area contributed by atoms with E-state index in [0.29, 0.717) is 6.92 Å². The topological polar surface area (TPSA) is 52.6 Å². The Morgan fingerprint density at radius 3 is 1.50 bits per heavy atom. The third-order valence-corrected chi connectivity index (χ3v) is 3.75. The van der Waals surface area contributed by atoms with Crippen LogP contribution in [0, 0.1) is 3.57 Å². The minimum atomic E-state index is -3.56. The van der Waals surface area contributed by atoms with Gasteiger partial charge >= 0.3 is 23.8 Å². The van der Waals surface area contributed by atoms with Crippen molar-refractivity contribution >= 4 is 34.5 Å². The van der Waals surface area contributed by atoms with Crippen molar-refractivity contribution in [1.29, 1.82) is 0 Å². The van der Waals surface area contributed by atoms with E-state index in [-0.39, 0.29) is 18.8 Å². The smallest absolute Gasteiger partial charge is 0.381 e. The summed E-state index contributed by atoms with van der Waals surface area (Å²) in [4.78, 5) is 21.0. The summed E-state index contributed by atoms with van der Waals surface area (Å²) in [5.41, 5.74) is -0.349. The van der Waals surface area contributed by atoms with E-state index in [0.717, 1.165) is 0 Å². The van der Waals surface area contributed by atoms with E-state index in [2.05, 4.69) is 44.2 Å². The first kappa shape index (κ1) is 27.8. The van der Waals surface area contributed by atoms with E-state index in [1.807, 2.05) is 18.2 Å². The molecule has 0 aliphatic heterocycles. The summed E-state index contributed by atoms with van der Waals surface area (Å²) in [6.45, 7) is 3.40. The Morgan fingerprint density at radius 1 is 0.800 bits per heavy atom. The Labute approximate surface area is 186 Å². The molecule has 2 aromatic carbocycles. The van der Waals surface area contributed by atoms with E-state index in [1.54, 1.807) is 6.07 Å². The van der Waals surface area contributed by atoms with Gasteiger partial charge in [-0.3, -0.25) is 0 Å². The van der Waals surface area contributed by atoms with Crippen molar-refractivity contribution in [1.82, 2.24) is 0 Å². The van der Waals surface area contributed by atoms with Crippen molar-refractivity contribution in [2.75, 3.05) is 13.2 Å². The molecule has 0 aliphatic carbocycles. The number of carbonyl (C=O) groups excluding carboxylic acids is 2. The normalized spacial score (nSPS) is 10.5. The number of alkyl halides is 4. The highest BCUT2D eigenvalue weighted by atomic mass is 127. The summed E-state index contributed by atoms with van der Waals surface area (Å²) in [7, 11) is 0. The molecular weight excluding hydrogens is 519 g/mol. The van der Waals surface area contributed by atoms with Crippen molar-refractivity contribution < 1.29 is 36.6 Å². The van der Waals surface area contributed by atoms with Crippen LogP contribution >= 0.6 is 22.6 Å². The number of esters is 2. The summed E-state index contributed by atoms with van der Waals surface area (Å²) in [5, 5.41) is 0. The molecular formula is C21H23F4IO4. The molecule has 0 N–H and O–H groups in total. The number of hydrogen-bond acceptors (Lipinski definition) is 4. The van der Waals surface area contributed by atoms with E-state index in [9.17, 15) is 27.2 Å². The first-order valence-corrected chi connectivity index (χ1v) is 9.90. The molecule has 2 aromatic rings. The zero-order valence-corrected chi connectivity index (χ0v) is 18.9. The monoisotopic (exact) mass is 542 g/mol. The lowest BCUT2D eigenvalue weighted by atomic mass is 10.1. The van der Waals surface area contributed by atoms with Crippen molar-refractivity contribution in [2.24, 2.45) is 0 Å². The second-order valence-electron chi connectivity index (χ2n) is 5.57. The molecule has 0 unspecified atom stereocenters. The molecule has 0 spiro atoms. The van der Waals surface area contributed by atoms with Gasteiger partial charge in [0.2, 0.25) is 0 Å². The quantitative estimate of drug-likeness (QED) is 0.271. The van der Waals surface area contributed by atoms with Gasteiger partial charge in [-0.2, -0.15) is 17.6 Å². The maximum absolute atomic E-state index is 13.3. The molecule has 30 heavy (non-hydrogen) atoms. The van der Waals surface area contributed by atoms with Gasteiger partial charge in [0, 0.05) is 16.1 Å². The van der Waals surface area contributed by atoms with E-state index < -0.39 is 23.8 Å². The van der Waals surface area contributed by atoms with Crippen LogP contribution < -0.4 is 0 Å². The zero-order valence-electron chi connectivity index (χ0n) is 16.7. The third-order valence-electron chi connectivity index (χ3n) is 3.04. The lowest BCUT2D eigenvalue weighted by Crippen LogP contribution is -2.28. The van der Waals surface area contributed by atoms with Gasteiger partial charge in [0.1, 0.15) is 0 Å². The van der Waals surface area contributed by atoms with Crippen LogP contribution in [0.2, 0.25) is 0 Å². The maximum Gasteiger partial charge on any atom is 0.381 e. The van der Waals surface area contributed by atoms with Crippen molar-refractivity contribution in [2.45, 2.75) is 32.6 Å². The number of hydrogen-bond donors (Lipinski definition) is 0. The number of rotatable bonds is 5. The van der Waals surface area contributed by atoms with Gasteiger partial charge in [-0.25, -0.2) is 9.59 Å². The zero-order chi connectivity index (χ0) is 23.2. The van der Waals surface area contributed by atoms with Crippen LogP contribution in [0.1, 0.15) is 26.3 Å². The van der Waals surface area contributed by atoms with E-state index >= 15 is 0 Å². The number of benzene rings is 2. The molecule has 0 bridgehead atoms. The molecule has 9 heteroatoms. The molecule has 0 aromatic heterocycles. The van der Waals surface area contributed by atoms with Crippen LogP contribution in [0.4, 0.5) is 17.6 Å². The second kappa shape index (κ2) is 13.9. The Hall–Kier alpha value is -2.17. The van der Waals surface area contributed by atoms with Crippen molar-refractivity contribution in [3.8, 4) is 0 Å². The van der Waals surface area contributed by atoms with Gasteiger partial charge in [-0.05, 0) is 48.6 Å². The van der Waals surface area contributed by atoms with E-state index in [4.69, 9.17) is 0 Å². The fraction of sp³-hybridized carbons (Fsp3) is 0.333. The summed E-state index contributed by atoms with van der Waals surface area (Å²) in [6.07, 6.45) is 0. The van der Waals surface area contributed by atoms with Crippen LogP contribution in [0.3, 0.4) is 0 Å². The molecule has 4 nitrogen and oxygen atoms in total. The average molecular weight is 542 g/mol. The largest absolute Gasteiger partial charge is 0.462 e. The SMILES string of the molecule is CCOC(=O)C(C)(F)F.CCOC(=O)C(F)(F)c1ccccc1.Ic1ccccc1. The Balaban J connectivity index is 0.000000452. The fourth-order valence-corrected chi connectivity index (χ4v) is 2.07. The first-order valence-electron chi connectivity index (χ1n) is 8.82. The molecule has 0 aliphatic rings. The van der Waals surface area contributed by atoms with Gasteiger partial charge in [-0.1, -0.05) is 48.5 Å². The summed E-state index contributed by atoms with van der Waals surface area (Å²) >= 11 is 2.28. The molecule has 0 amide bonds. The highest BCUT2D eigenvalue weighted by Gasteiger charge is 2.42. The summed E-state index contributed by atoms with van der Waals surface area (Å²) in [6, 6.07) is 17.1. The average Bonchev–Trinajstić information content (AvgIpc) is 2.70. The number of halogens is 5. The molecule has 166 valence electrons. The van der Waals surface area contributed by atoms with Crippen LogP contribution in [0.25, 0.3) is 0 Å². The van der Waals surface area contributed by atoms with Crippen LogP contribution in [0.5, 0.6) is 0 Å². The second-order valence-corrected chi connectivity index (χ2v) is 6.81. The molecule has 0 radical (unpaired) electrons. The maximum atomic E-state index is 13.3. The van der Waals surface area contributed by atoms with Crippen LogP contribution in [-0.2, 0) is 25.0 Å². The Morgan fingerprint density at radius 2 is 1.20 bits per heavy atom. The summed E-state index contributed by atoms with van der Waals surface area (Å²) < 4.78 is 59.8. The standard InChI is InChI=1S/C10H10F2O2.C6H5I.C5H8F2O2/c1-2-14-9(13)10(11,12)8-6-4-3-5-7-8;7-6-4-2-1-3-5-6;1-3-9-4(8)5(2,6)7/h3-7H,2H2,1H3;1-5H;3H2,1-2H3. The van der Waals surface area contributed by atoms with Gasteiger partial charge in [0.25, 0.3) is 0 Å². The number of carbonyl (C=O) groups is 2. The molecule has 0 saturated carbocycles. The predicted molar refractivity (Wildman–Crippen MR) is 113 cm³/mol. The number of ether oxygens (including phenoxy) is 2. The lowest BCUT2D eigenvalue weighted by Gasteiger charge is -2.14. The highest BCUT2D eigenvalue weighted by Crippen LogP contribution is 2.28. The summed E-state index contributed by atoms with van der Waals surface area (Å²) in [5.74, 6) is -9.89. The van der Waals surface area contributed by atoms with Gasteiger partial charge < -0.3 is 9.47 Å². The van der Waals surface area contributed by atoms with Gasteiger partial charge in [0.05, 0.1) is 13.2 Å². The van der Waals surface area contributed by atoms with Crippen LogP contribution in [0.15, 0.2) is 60.7 Å². The minimum absolute atomic E-state index is 0.0116. The van der Waals surface area contributed by atoms with Gasteiger partial charge in [-0.15, -0.1) is 0 Å². The van der Waals surface area contributed by atoms with E-state index in [1.165, 1.54) is 41.7 Å². The molecule has 0 heterocycles. The Bertz CT molecular complexity index is 751. The molecule has 0 atom stereocenters. The van der Waals surface area contributed by atoms with Crippen molar-refractivity contribution in [3.63, 3.8) is 0 Å². The molecule has 0 fully saturated rings. The van der Waals surface area contributed by atoms with Crippen molar-refractivity contribution in [3.05, 3.63) is 69.8 Å². The lowest BCUT2D eigenvalue weighted by molar-refractivity contribution is -0.173.